The van der Waals surface area contributed by atoms with Crippen LogP contribution in [0.5, 0.6) is 0 Å². The Bertz CT molecular complexity index is 1350. The average molecular weight is 498 g/mol. The number of benzene rings is 2. The molecule has 188 valence electrons. The topological polar surface area (TPSA) is 82.3 Å². The second-order valence-electron chi connectivity index (χ2n) is 9.54. The van der Waals surface area contributed by atoms with Gasteiger partial charge in [0.15, 0.2) is 0 Å². The number of allylic oxidation sites excluding steroid dienone is 3. The molecule has 0 radical (unpaired) electrons. The third kappa shape index (κ3) is 5.82. The molecule has 2 aliphatic heterocycles. The summed E-state index contributed by atoms with van der Waals surface area (Å²) in [6, 6.07) is 16.4. The molecule has 2 aromatic carbocycles. The van der Waals surface area contributed by atoms with Gasteiger partial charge in [-0.05, 0) is 67.3 Å². The third-order valence-corrected chi connectivity index (χ3v) is 6.81. The van der Waals surface area contributed by atoms with Gasteiger partial charge in [0.1, 0.15) is 5.82 Å². The van der Waals surface area contributed by atoms with Gasteiger partial charge in [0.25, 0.3) is 5.91 Å². The highest BCUT2D eigenvalue weighted by Crippen LogP contribution is 2.31. The Morgan fingerprint density at radius 3 is 2.43 bits per heavy atom. The van der Waals surface area contributed by atoms with Crippen LogP contribution in [0, 0.1) is 5.82 Å². The van der Waals surface area contributed by atoms with E-state index >= 15 is 0 Å². The van der Waals surface area contributed by atoms with Crippen molar-refractivity contribution < 1.29 is 19.1 Å². The van der Waals surface area contributed by atoms with Crippen molar-refractivity contribution in [2.75, 3.05) is 13.1 Å². The largest absolute Gasteiger partial charge is 0.481 e. The summed E-state index contributed by atoms with van der Waals surface area (Å²) in [4.78, 5) is 35.8. The number of carbonyl (C=O) groups is 2. The monoisotopic (exact) mass is 497 g/mol. The van der Waals surface area contributed by atoms with Crippen molar-refractivity contribution >= 4 is 29.0 Å². The lowest BCUT2D eigenvalue weighted by Crippen LogP contribution is -2.48. The number of amides is 1. The lowest BCUT2D eigenvalue weighted by molar-refractivity contribution is -0.137. The Morgan fingerprint density at radius 1 is 0.946 bits per heavy atom. The van der Waals surface area contributed by atoms with Crippen LogP contribution in [-0.4, -0.2) is 46.4 Å². The highest BCUT2D eigenvalue weighted by Gasteiger charge is 2.33. The number of carbonyl (C=O) groups excluding carboxylic acids is 1. The Kier molecular flexibility index (Phi) is 7.21. The average Bonchev–Trinajstić information content (AvgIpc) is 3.17. The van der Waals surface area contributed by atoms with E-state index in [2.05, 4.69) is 12.1 Å². The summed E-state index contributed by atoms with van der Waals surface area (Å²) in [5.41, 5.74) is 5.44. The van der Waals surface area contributed by atoms with Gasteiger partial charge in [-0.1, -0.05) is 30.3 Å². The van der Waals surface area contributed by atoms with Crippen LogP contribution < -0.4 is 0 Å². The van der Waals surface area contributed by atoms with Gasteiger partial charge in [0.2, 0.25) is 0 Å². The fourth-order valence-corrected chi connectivity index (χ4v) is 4.77. The second-order valence-corrected chi connectivity index (χ2v) is 9.54. The summed E-state index contributed by atoms with van der Waals surface area (Å²) in [6.07, 6.45) is 7.75. The summed E-state index contributed by atoms with van der Waals surface area (Å²) in [5.74, 6) is -0.835. The van der Waals surface area contributed by atoms with E-state index in [1.165, 1.54) is 17.7 Å². The van der Waals surface area contributed by atoms with Crippen molar-refractivity contribution in [2.45, 2.75) is 38.0 Å². The minimum atomic E-state index is -0.829. The molecule has 3 aliphatic rings. The van der Waals surface area contributed by atoms with E-state index in [4.69, 9.17) is 15.1 Å². The number of fused-ring (bicyclic) bond motifs is 2. The summed E-state index contributed by atoms with van der Waals surface area (Å²) >= 11 is 0. The van der Waals surface area contributed by atoms with Gasteiger partial charge in [-0.2, -0.15) is 0 Å². The molecule has 1 fully saturated rings. The number of hydrogen-bond acceptors (Lipinski definition) is 4. The predicted octanol–water partition coefficient (Wildman–Crippen LogP) is 5.55. The van der Waals surface area contributed by atoms with E-state index < -0.39 is 5.97 Å². The molecule has 0 spiro atoms. The van der Waals surface area contributed by atoms with E-state index in [9.17, 15) is 14.0 Å². The van der Waals surface area contributed by atoms with Crippen LogP contribution in [0.2, 0.25) is 0 Å². The van der Waals surface area contributed by atoms with Gasteiger partial charge < -0.3 is 10.0 Å². The minimum Gasteiger partial charge on any atom is -0.481 e. The second kappa shape index (κ2) is 10.9. The summed E-state index contributed by atoms with van der Waals surface area (Å²) in [5, 5.41) is 8.99. The van der Waals surface area contributed by atoms with Crippen molar-refractivity contribution in [2.24, 2.45) is 9.98 Å². The fraction of sp³-hybridized carbons (Fsp3) is 0.267. The van der Waals surface area contributed by atoms with E-state index in [1.807, 2.05) is 35.3 Å². The van der Waals surface area contributed by atoms with E-state index in [0.29, 0.717) is 61.7 Å². The van der Waals surface area contributed by atoms with Crippen molar-refractivity contribution in [1.29, 1.82) is 0 Å². The van der Waals surface area contributed by atoms with Crippen molar-refractivity contribution in [3.63, 3.8) is 0 Å². The standard InChI is InChI=1S/C30H28FN3O3/c31-24-13-10-21(11-14-24)29-27(8-4-5-9-28(35)36)32-26-16-22(12-15-25(17-26)33-29)30(37)34-18-23(19-34)20-6-2-1-3-7-20/h1-3,6-7,10-16,23H,4-5,8-9,17-19H2,(H,35,36). The Hall–Kier alpha value is -4.13. The fourth-order valence-electron chi connectivity index (χ4n) is 4.77. The molecule has 2 bridgehead atoms. The molecule has 7 heteroatoms. The first kappa shape index (κ1) is 24.6. The van der Waals surface area contributed by atoms with E-state index in [1.54, 1.807) is 18.2 Å². The van der Waals surface area contributed by atoms with Gasteiger partial charge in [0, 0.05) is 54.4 Å². The van der Waals surface area contributed by atoms with Crippen molar-refractivity contribution in [3.05, 3.63) is 101 Å². The maximum Gasteiger partial charge on any atom is 0.303 e. The first-order valence-corrected chi connectivity index (χ1v) is 12.6. The molecule has 1 amide bonds. The molecule has 1 saturated heterocycles. The van der Waals surface area contributed by atoms with Crippen molar-refractivity contribution in [3.8, 4) is 0 Å². The number of aliphatic imine (C=N–C) groups is 2. The zero-order chi connectivity index (χ0) is 25.8. The van der Waals surface area contributed by atoms with Crippen LogP contribution >= 0.6 is 0 Å². The summed E-state index contributed by atoms with van der Waals surface area (Å²) in [7, 11) is 0. The third-order valence-electron chi connectivity index (χ3n) is 6.81. The molecular weight excluding hydrogens is 469 g/mol. The molecular formula is C30H28FN3O3. The number of hydrogen-bond donors (Lipinski definition) is 1. The predicted molar refractivity (Wildman–Crippen MR) is 142 cm³/mol. The van der Waals surface area contributed by atoms with Gasteiger partial charge in [0.05, 0.1) is 11.4 Å². The Morgan fingerprint density at radius 2 is 1.70 bits per heavy atom. The molecule has 1 aliphatic carbocycles. The van der Waals surface area contributed by atoms with Gasteiger partial charge >= 0.3 is 5.97 Å². The van der Waals surface area contributed by atoms with Crippen LogP contribution in [0.25, 0.3) is 5.70 Å². The molecule has 2 aromatic rings. The number of halogens is 1. The van der Waals surface area contributed by atoms with Gasteiger partial charge in [-0.25, -0.2) is 4.39 Å². The quantitative estimate of drug-likeness (QED) is 0.486. The molecule has 5 rings (SSSR count). The van der Waals surface area contributed by atoms with Gasteiger partial charge in [-0.15, -0.1) is 0 Å². The minimum absolute atomic E-state index is 0.0244. The smallest absolute Gasteiger partial charge is 0.303 e. The zero-order valence-corrected chi connectivity index (χ0v) is 20.4. The molecule has 1 N–H and O–H groups in total. The number of rotatable bonds is 8. The summed E-state index contributed by atoms with van der Waals surface area (Å²) < 4.78 is 13.6. The summed E-state index contributed by atoms with van der Waals surface area (Å²) in [6.45, 7) is 1.37. The molecule has 0 saturated carbocycles. The first-order valence-electron chi connectivity index (χ1n) is 12.6. The maximum absolute atomic E-state index is 13.6. The molecule has 0 unspecified atom stereocenters. The lowest BCUT2D eigenvalue weighted by Gasteiger charge is -2.39. The van der Waals surface area contributed by atoms with E-state index in [0.717, 1.165) is 17.0 Å². The SMILES string of the molecule is O=C(O)CCCCC1=C(c2ccc(F)cc2)N=C2C=CC(C(=O)N3CC(c4ccccc4)C3)=CC(=N1)C2. The van der Waals surface area contributed by atoms with Crippen LogP contribution in [0.15, 0.2) is 94.1 Å². The van der Waals surface area contributed by atoms with Crippen LogP contribution in [0.4, 0.5) is 4.39 Å². The number of nitrogens with zero attached hydrogens (tertiary/aromatic N) is 3. The van der Waals surface area contributed by atoms with E-state index in [-0.39, 0.29) is 18.1 Å². The Labute approximate surface area is 215 Å². The number of unbranched alkanes of at least 4 members (excludes halogenated alkanes) is 1. The number of carboxylic acid groups (broad SMARTS) is 1. The molecule has 2 heterocycles. The number of aliphatic carboxylic acids is 1. The Balaban J connectivity index is 1.39. The maximum atomic E-state index is 13.6. The first-order chi connectivity index (χ1) is 18.0. The van der Waals surface area contributed by atoms with Crippen LogP contribution in [-0.2, 0) is 9.59 Å². The van der Waals surface area contributed by atoms with Crippen LogP contribution in [0.3, 0.4) is 0 Å². The number of carboxylic acids is 1. The highest BCUT2D eigenvalue weighted by atomic mass is 19.1. The number of likely N-dealkylation sites (tertiary alicyclic amines) is 1. The molecule has 0 aromatic heterocycles. The highest BCUT2D eigenvalue weighted by molar-refractivity contribution is 6.20. The van der Waals surface area contributed by atoms with Gasteiger partial charge in [-0.3, -0.25) is 19.6 Å². The zero-order valence-electron chi connectivity index (χ0n) is 20.4. The van der Waals surface area contributed by atoms with Crippen molar-refractivity contribution in [1.82, 2.24) is 4.90 Å². The lowest BCUT2D eigenvalue weighted by atomic mass is 9.91. The molecule has 0 atom stereocenters. The molecule has 6 nitrogen and oxygen atoms in total. The normalized spacial score (nSPS) is 17.3. The molecule has 37 heavy (non-hydrogen) atoms. The van der Waals surface area contributed by atoms with Crippen LogP contribution in [0.1, 0.15) is 49.1 Å².